The highest BCUT2D eigenvalue weighted by molar-refractivity contribution is 7.80. The molecule has 0 saturated carbocycles. The van der Waals surface area contributed by atoms with Gasteiger partial charge in [-0.25, -0.2) is 4.68 Å². The number of nitrogens with zero attached hydrogens (tertiary/aromatic N) is 4. The van der Waals surface area contributed by atoms with Crippen molar-refractivity contribution >= 4 is 28.2 Å². The second-order valence-electron chi connectivity index (χ2n) is 3.98. The molecule has 2 aromatic rings. The van der Waals surface area contributed by atoms with Crippen molar-refractivity contribution in [2.45, 2.75) is 19.5 Å². The monoisotopic (exact) mass is 232 g/mol. The second kappa shape index (κ2) is 3.83. The number of benzene rings is 1. The number of fused-ring (bicyclic) bond motifs is 1. The van der Waals surface area contributed by atoms with Gasteiger partial charge in [-0.15, -0.1) is 5.10 Å². The van der Waals surface area contributed by atoms with E-state index in [0.29, 0.717) is 0 Å². The van der Waals surface area contributed by atoms with E-state index in [-0.39, 0.29) is 0 Å². The molecule has 1 aliphatic heterocycles. The highest BCUT2D eigenvalue weighted by atomic mass is 32.1. The number of hydrogen-bond acceptors (Lipinski definition) is 3. The fraction of sp³-hybridized carbons (Fsp3) is 0.364. The van der Waals surface area contributed by atoms with Gasteiger partial charge in [-0.1, -0.05) is 29.6 Å². The van der Waals surface area contributed by atoms with Crippen LogP contribution in [0.25, 0.3) is 11.0 Å². The normalized spacial score (nSPS) is 16.2. The third-order valence-electron chi connectivity index (χ3n) is 2.90. The summed E-state index contributed by atoms with van der Waals surface area (Å²) in [6.07, 6.45) is 2.19. The molecule has 1 aliphatic rings. The van der Waals surface area contributed by atoms with Crippen LogP contribution >= 0.6 is 12.2 Å². The zero-order valence-electron chi connectivity index (χ0n) is 8.83. The third kappa shape index (κ3) is 1.57. The van der Waals surface area contributed by atoms with Crippen LogP contribution in [0.4, 0.5) is 0 Å². The van der Waals surface area contributed by atoms with E-state index in [2.05, 4.69) is 15.2 Å². The first-order valence-electron chi connectivity index (χ1n) is 5.40. The van der Waals surface area contributed by atoms with Crippen molar-refractivity contribution in [3.05, 3.63) is 24.3 Å². The highest BCUT2D eigenvalue weighted by Crippen LogP contribution is 2.15. The van der Waals surface area contributed by atoms with Crippen LogP contribution in [-0.2, 0) is 6.67 Å². The molecule has 16 heavy (non-hydrogen) atoms. The summed E-state index contributed by atoms with van der Waals surface area (Å²) in [5.74, 6) is 0. The Bertz CT molecular complexity index is 534. The molecule has 0 radical (unpaired) electrons. The summed E-state index contributed by atoms with van der Waals surface area (Å²) in [6.45, 7) is 1.76. The molecule has 0 unspecified atom stereocenters. The summed E-state index contributed by atoms with van der Waals surface area (Å²) >= 11 is 5.30. The Kier molecular flexibility index (Phi) is 2.32. The Labute approximate surface area is 98.8 Å². The van der Waals surface area contributed by atoms with E-state index in [1.54, 1.807) is 0 Å². The molecule has 1 aromatic carbocycles. The van der Waals surface area contributed by atoms with Gasteiger partial charge in [0.25, 0.3) is 0 Å². The van der Waals surface area contributed by atoms with Crippen molar-refractivity contribution in [1.29, 1.82) is 0 Å². The Morgan fingerprint density at radius 2 is 2.19 bits per heavy atom. The summed E-state index contributed by atoms with van der Waals surface area (Å²) in [5, 5.41) is 8.29. The van der Waals surface area contributed by atoms with Crippen molar-refractivity contribution in [2.24, 2.45) is 0 Å². The number of thiocarbonyl (C=S) groups is 1. The molecule has 82 valence electrons. The summed E-state index contributed by atoms with van der Waals surface area (Å²) in [4.78, 5) is 3.23. The third-order valence-corrected chi connectivity index (χ3v) is 3.36. The molecule has 0 bridgehead atoms. The van der Waals surface area contributed by atoms with Gasteiger partial charge in [-0.05, 0) is 25.0 Å². The second-order valence-corrected chi connectivity index (χ2v) is 4.45. The number of aromatic nitrogens is 3. The van der Waals surface area contributed by atoms with Crippen molar-refractivity contribution < 1.29 is 0 Å². The van der Waals surface area contributed by atoms with E-state index < -0.39 is 0 Å². The van der Waals surface area contributed by atoms with Gasteiger partial charge in [0.2, 0.25) is 0 Å². The predicted octanol–water partition coefficient (Wildman–Crippen LogP) is 1.81. The summed E-state index contributed by atoms with van der Waals surface area (Å²) in [7, 11) is 0. The van der Waals surface area contributed by atoms with Gasteiger partial charge >= 0.3 is 0 Å². The molecule has 0 spiro atoms. The van der Waals surface area contributed by atoms with Crippen LogP contribution in [0.5, 0.6) is 0 Å². The van der Waals surface area contributed by atoms with Crippen molar-refractivity contribution in [2.75, 3.05) is 6.54 Å². The zero-order chi connectivity index (χ0) is 11.0. The molecule has 0 N–H and O–H groups in total. The average molecular weight is 232 g/mol. The number of rotatable bonds is 2. The molecule has 0 aliphatic carbocycles. The molecule has 3 rings (SSSR count). The lowest BCUT2D eigenvalue weighted by molar-refractivity contribution is 0.351. The Balaban J connectivity index is 1.92. The van der Waals surface area contributed by atoms with Gasteiger partial charge < -0.3 is 4.90 Å². The van der Waals surface area contributed by atoms with Crippen LogP contribution in [0.2, 0.25) is 0 Å². The first kappa shape index (κ1) is 9.72. The number of para-hydroxylation sites is 1. The molecule has 1 fully saturated rings. The Hall–Kier alpha value is -1.49. The van der Waals surface area contributed by atoms with Gasteiger partial charge in [0.1, 0.15) is 12.2 Å². The SMILES string of the molecule is S=C1CCCN1Cn1nnc2ccccc21. The first-order chi connectivity index (χ1) is 7.84. The fourth-order valence-electron chi connectivity index (χ4n) is 2.04. The minimum Gasteiger partial charge on any atom is -0.347 e. The number of hydrogen-bond donors (Lipinski definition) is 0. The molecule has 1 saturated heterocycles. The topological polar surface area (TPSA) is 34.0 Å². The smallest absolute Gasteiger partial charge is 0.115 e. The largest absolute Gasteiger partial charge is 0.347 e. The maximum absolute atomic E-state index is 5.30. The first-order valence-corrected chi connectivity index (χ1v) is 5.81. The van der Waals surface area contributed by atoms with E-state index in [1.165, 1.54) is 0 Å². The van der Waals surface area contributed by atoms with Crippen LogP contribution < -0.4 is 0 Å². The van der Waals surface area contributed by atoms with Gasteiger partial charge in [-0.3, -0.25) is 0 Å². The van der Waals surface area contributed by atoms with Gasteiger partial charge in [0, 0.05) is 6.54 Å². The molecule has 1 aromatic heterocycles. The van der Waals surface area contributed by atoms with E-state index in [4.69, 9.17) is 12.2 Å². The zero-order valence-corrected chi connectivity index (χ0v) is 9.65. The summed E-state index contributed by atoms with van der Waals surface area (Å²) in [5.41, 5.74) is 2.00. The predicted molar refractivity (Wildman–Crippen MR) is 66.1 cm³/mol. The highest BCUT2D eigenvalue weighted by Gasteiger charge is 2.17. The van der Waals surface area contributed by atoms with Crippen LogP contribution in [-0.4, -0.2) is 31.4 Å². The quantitative estimate of drug-likeness (QED) is 0.740. The molecule has 4 nitrogen and oxygen atoms in total. The van der Waals surface area contributed by atoms with Gasteiger partial charge in [-0.2, -0.15) is 0 Å². The lowest BCUT2D eigenvalue weighted by Crippen LogP contribution is -2.26. The van der Waals surface area contributed by atoms with E-state index in [0.717, 1.165) is 42.1 Å². The van der Waals surface area contributed by atoms with E-state index in [9.17, 15) is 0 Å². The minimum atomic E-state index is 0.722. The standard InChI is InChI=1S/C11H12N4S/c16-11-6-3-7-14(11)8-15-10-5-2-1-4-9(10)12-13-15/h1-2,4-5H,3,6-8H2. The van der Waals surface area contributed by atoms with Crippen molar-refractivity contribution in [3.63, 3.8) is 0 Å². The van der Waals surface area contributed by atoms with E-state index >= 15 is 0 Å². The molecule has 0 atom stereocenters. The molecule has 2 heterocycles. The van der Waals surface area contributed by atoms with Crippen LogP contribution in [0.15, 0.2) is 24.3 Å². The summed E-state index contributed by atoms with van der Waals surface area (Å²) < 4.78 is 1.91. The van der Waals surface area contributed by atoms with E-state index in [1.807, 2.05) is 28.9 Å². The molecular weight excluding hydrogens is 220 g/mol. The molecule has 0 amide bonds. The average Bonchev–Trinajstić information content (AvgIpc) is 2.88. The van der Waals surface area contributed by atoms with Crippen LogP contribution in [0.1, 0.15) is 12.8 Å². The Morgan fingerprint density at radius 1 is 1.31 bits per heavy atom. The van der Waals surface area contributed by atoms with Gasteiger partial charge in [0.05, 0.1) is 10.5 Å². The fourth-order valence-corrected chi connectivity index (χ4v) is 2.33. The maximum Gasteiger partial charge on any atom is 0.115 e. The molecular formula is C11H12N4S. The lowest BCUT2D eigenvalue weighted by atomic mass is 10.3. The van der Waals surface area contributed by atoms with Crippen LogP contribution in [0.3, 0.4) is 0 Å². The molecule has 5 heteroatoms. The van der Waals surface area contributed by atoms with Gasteiger partial charge in [0.15, 0.2) is 0 Å². The van der Waals surface area contributed by atoms with Crippen LogP contribution in [0, 0.1) is 0 Å². The van der Waals surface area contributed by atoms with Crippen molar-refractivity contribution in [1.82, 2.24) is 19.9 Å². The number of likely N-dealkylation sites (tertiary alicyclic amines) is 1. The summed E-state index contributed by atoms with van der Waals surface area (Å²) in [6, 6.07) is 7.99. The lowest BCUT2D eigenvalue weighted by Gasteiger charge is -2.17. The minimum absolute atomic E-state index is 0.722. The Morgan fingerprint density at radius 3 is 3.00 bits per heavy atom. The van der Waals surface area contributed by atoms with Crippen molar-refractivity contribution in [3.8, 4) is 0 Å². The maximum atomic E-state index is 5.30.